The summed E-state index contributed by atoms with van der Waals surface area (Å²) < 4.78 is 0. The molecule has 174 valence electrons. The maximum Gasteiger partial charge on any atom is 0.158 e. The number of hydrogen-bond acceptors (Lipinski definition) is 4. The van der Waals surface area contributed by atoms with Crippen LogP contribution in [0.5, 0.6) is 0 Å². The maximum absolute atomic E-state index is 14.1. The molecule has 4 heteroatoms. The van der Waals surface area contributed by atoms with Crippen LogP contribution in [0.4, 0.5) is 5.69 Å². The fraction of sp³-hybridized carbons (Fsp3) is 0.219. The lowest BCUT2D eigenvalue weighted by Gasteiger charge is -2.36. The van der Waals surface area contributed by atoms with Crippen molar-refractivity contribution in [3.8, 4) is 12.1 Å². The molecule has 3 aromatic rings. The first-order chi connectivity index (χ1) is 17.7. The number of carbonyl (C=O) groups excluding carboxylic acids is 1. The summed E-state index contributed by atoms with van der Waals surface area (Å²) in [5.41, 5.74) is 4.87. The van der Waals surface area contributed by atoms with E-state index in [0.29, 0.717) is 0 Å². The molecule has 0 spiro atoms. The van der Waals surface area contributed by atoms with Crippen LogP contribution in [0.15, 0.2) is 96.6 Å². The first kappa shape index (κ1) is 22.1. The normalized spacial score (nSPS) is 23.7. The lowest BCUT2D eigenvalue weighted by Crippen LogP contribution is -2.44. The number of rotatable bonds is 5. The standard InChI is InChI=1S/C32H25N3O/c33-19-25(20-34)28(22-10-3-1-4-11-22)30-27-18-17-21-9-7-8-14-26(21)35(27)31(32(36)24-15-16-24)29(30)23-12-5-2-6-13-23/h1-14,17-18,24,27,29-31H,15-16H2/t27-,29+,30-,31-/m1/s1. The van der Waals surface area contributed by atoms with Gasteiger partial charge in [-0.3, -0.25) is 4.79 Å². The van der Waals surface area contributed by atoms with Gasteiger partial charge in [0.2, 0.25) is 0 Å². The molecule has 2 aliphatic heterocycles. The Labute approximate surface area is 211 Å². The third kappa shape index (κ3) is 3.55. The van der Waals surface area contributed by atoms with Gasteiger partial charge in [-0.2, -0.15) is 10.5 Å². The maximum atomic E-state index is 14.1. The quantitative estimate of drug-likeness (QED) is 0.422. The Bertz CT molecular complexity index is 1440. The molecule has 1 saturated heterocycles. The van der Waals surface area contributed by atoms with Crippen molar-refractivity contribution in [2.45, 2.75) is 30.8 Å². The third-order valence-electron chi connectivity index (χ3n) is 7.77. The van der Waals surface area contributed by atoms with Crippen molar-refractivity contribution in [2.24, 2.45) is 11.8 Å². The zero-order chi connectivity index (χ0) is 24.6. The molecule has 2 heterocycles. The zero-order valence-electron chi connectivity index (χ0n) is 19.8. The van der Waals surface area contributed by atoms with Gasteiger partial charge in [-0.1, -0.05) is 91.0 Å². The molecule has 0 amide bonds. The van der Waals surface area contributed by atoms with Crippen molar-refractivity contribution in [1.29, 1.82) is 10.5 Å². The first-order valence-corrected chi connectivity index (χ1v) is 12.5. The van der Waals surface area contributed by atoms with Crippen molar-refractivity contribution in [1.82, 2.24) is 0 Å². The summed E-state index contributed by atoms with van der Waals surface area (Å²) in [6, 6.07) is 31.9. The predicted molar refractivity (Wildman–Crippen MR) is 141 cm³/mol. The van der Waals surface area contributed by atoms with Gasteiger partial charge in [-0.25, -0.2) is 0 Å². The van der Waals surface area contributed by atoms with E-state index in [1.54, 1.807) is 0 Å². The molecule has 0 bridgehead atoms. The van der Waals surface area contributed by atoms with E-state index in [2.05, 4.69) is 53.5 Å². The number of fused-ring (bicyclic) bond motifs is 3. The van der Waals surface area contributed by atoms with Crippen LogP contribution in [-0.4, -0.2) is 17.9 Å². The van der Waals surface area contributed by atoms with E-state index in [1.807, 2.05) is 60.7 Å². The first-order valence-electron chi connectivity index (χ1n) is 12.5. The van der Waals surface area contributed by atoms with Gasteiger partial charge < -0.3 is 4.90 Å². The molecule has 3 aromatic carbocycles. The van der Waals surface area contributed by atoms with E-state index in [4.69, 9.17) is 0 Å². The zero-order valence-corrected chi connectivity index (χ0v) is 19.8. The Morgan fingerprint density at radius 1 is 0.833 bits per heavy atom. The minimum absolute atomic E-state index is 0.0780. The van der Waals surface area contributed by atoms with E-state index in [0.717, 1.165) is 40.8 Å². The molecular weight excluding hydrogens is 442 g/mol. The highest BCUT2D eigenvalue weighted by Crippen LogP contribution is 2.55. The molecule has 0 unspecified atom stereocenters. The Kier molecular flexibility index (Phi) is 5.51. The van der Waals surface area contributed by atoms with E-state index < -0.39 is 0 Å². The molecule has 4 nitrogen and oxygen atoms in total. The topological polar surface area (TPSA) is 67.9 Å². The highest BCUT2D eigenvalue weighted by Gasteiger charge is 2.56. The van der Waals surface area contributed by atoms with Gasteiger partial charge in [0.15, 0.2) is 5.78 Å². The Morgan fingerprint density at radius 3 is 2.14 bits per heavy atom. The van der Waals surface area contributed by atoms with Crippen molar-refractivity contribution in [3.63, 3.8) is 0 Å². The lowest BCUT2D eigenvalue weighted by molar-refractivity contribution is -0.121. The minimum Gasteiger partial charge on any atom is -0.353 e. The minimum atomic E-state index is -0.377. The van der Waals surface area contributed by atoms with E-state index >= 15 is 0 Å². The number of anilines is 1. The van der Waals surface area contributed by atoms with E-state index in [-0.39, 0.29) is 41.2 Å². The van der Waals surface area contributed by atoms with Crippen LogP contribution in [0.3, 0.4) is 0 Å². The predicted octanol–water partition coefficient (Wildman–Crippen LogP) is 6.15. The summed E-state index contributed by atoms with van der Waals surface area (Å²) in [5, 5.41) is 20.1. The lowest BCUT2D eigenvalue weighted by atomic mass is 9.73. The number of ketones is 1. The number of benzene rings is 3. The van der Waals surface area contributed by atoms with Crippen LogP contribution >= 0.6 is 0 Å². The molecule has 0 N–H and O–H groups in total. The number of nitrogens with zero attached hydrogens (tertiary/aromatic N) is 3. The van der Waals surface area contributed by atoms with Crippen LogP contribution in [0.25, 0.3) is 11.6 Å². The Morgan fingerprint density at radius 2 is 1.47 bits per heavy atom. The number of para-hydroxylation sites is 1. The second-order valence-electron chi connectivity index (χ2n) is 9.78. The molecule has 3 aliphatic rings. The van der Waals surface area contributed by atoms with Gasteiger partial charge >= 0.3 is 0 Å². The summed E-state index contributed by atoms with van der Waals surface area (Å²) in [6.45, 7) is 0. The molecule has 6 rings (SSSR count). The number of Topliss-reactive ketones (excluding diaryl/α,β-unsaturated/α-hetero) is 1. The van der Waals surface area contributed by atoms with Crippen molar-refractivity contribution in [2.75, 3.05) is 4.90 Å². The van der Waals surface area contributed by atoms with Crippen molar-refractivity contribution < 1.29 is 4.79 Å². The number of hydrogen-bond donors (Lipinski definition) is 0. The molecule has 0 radical (unpaired) electrons. The second-order valence-corrected chi connectivity index (χ2v) is 9.78. The fourth-order valence-electron chi connectivity index (χ4n) is 6.13. The van der Waals surface area contributed by atoms with Gasteiger partial charge in [-0.05, 0) is 41.2 Å². The molecule has 2 fully saturated rings. The van der Waals surface area contributed by atoms with Crippen molar-refractivity contribution in [3.05, 3.63) is 113 Å². The van der Waals surface area contributed by atoms with Gasteiger partial charge in [0.25, 0.3) is 0 Å². The van der Waals surface area contributed by atoms with Crippen LogP contribution in [0, 0.1) is 34.5 Å². The molecule has 0 aromatic heterocycles. The molecular formula is C32H25N3O. The van der Waals surface area contributed by atoms with Crippen LogP contribution in [0.2, 0.25) is 0 Å². The molecule has 4 atom stereocenters. The fourth-order valence-corrected chi connectivity index (χ4v) is 6.13. The summed E-state index contributed by atoms with van der Waals surface area (Å²) in [6.07, 6.45) is 6.15. The van der Waals surface area contributed by atoms with Crippen LogP contribution < -0.4 is 4.90 Å². The summed E-state index contributed by atoms with van der Waals surface area (Å²) in [5.74, 6) is -0.105. The largest absolute Gasteiger partial charge is 0.353 e. The average molecular weight is 468 g/mol. The summed E-state index contributed by atoms with van der Waals surface area (Å²) in [4.78, 5) is 16.3. The van der Waals surface area contributed by atoms with Gasteiger partial charge in [-0.15, -0.1) is 0 Å². The van der Waals surface area contributed by atoms with Gasteiger partial charge in [0.05, 0.1) is 12.1 Å². The second kappa shape index (κ2) is 8.99. The SMILES string of the molecule is N#CC(C#N)=C(c1ccccc1)[C@@H]1[C@H](c2ccccc2)[C@H](C(=O)C2CC2)N2c3ccccc3C=C[C@H]12. The summed E-state index contributed by atoms with van der Waals surface area (Å²) >= 11 is 0. The number of nitriles is 2. The van der Waals surface area contributed by atoms with E-state index in [1.165, 1.54) is 0 Å². The van der Waals surface area contributed by atoms with E-state index in [9.17, 15) is 15.3 Å². The average Bonchev–Trinajstić information content (AvgIpc) is 3.73. The molecule has 1 saturated carbocycles. The monoisotopic (exact) mass is 467 g/mol. The molecule has 36 heavy (non-hydrogen) atoms. The number of allylic oxidation sites excluding steroid dienone is 1. The Hall–Kier alpha value is -4.41. The van der Waals surface area contributed by atoms with Gasteiger partial charge in [0, 0.05) is 23.4 Å². The van der Waals surface area contributed by atoms with Gasteiger partial charge in [0.1, 0.15) is 17.7 Å². The van der Waals surface area contributed by atoms with Crippen LogP contribution in [-0.2, 0) is 4.79 Å². The smallest absolute Gasteiger partial charge is 0.158 e. The Balaban J connectivity index is 1.65. The highest BCUT2D eigenvalue weighted by molar-refractivity contribution is 5.96. The summed E-state index contributed by atoms with van der Waals surface area (Å²) in [7, 11) is 0. The third-order valence-corrected chi connectivity index (χ3v) is 7.77. The number of carbonyl (C=O) groups is 1. The van der Waals surface area contributed by atoms with Crippen molar-refractivity contribution >= 4 is 23.1 Å². The van der Waals surface area contributed by atoms with Crippen LogP contribution in [0.1, 0.15) is 35.4 Å². The molecule has 1 aliphatic carbocycles. The highest BCUT2D eigenvalue weighted by atomic mass is 16.1.